The molecule has 0 radical (unpaired) electrons. The van der Waals surface area contributed by atoms with Crippen molar-refractivity contribution in [1.82, 2.24) is 0 Å². The molecule has 0 spiro atoms. The fourth-order valence-corrected chi connectivity index (χ4v) is 0.587. The summed E-state index contributed by atoms with van der Waals surface area (Å²) in [5.41, 5.74) is 1.82. The summed E-state index contributed by atoms with van der Waals surface area (Å²) in [5, 5.41) is 13.8. The molecule has 0 saturated carbocycles. The molecule has 9 heavy (non-hydrogen) atoms. The van der Waals surface area contributed by atoms with E-state index < -0.39 is 0 Å². The normalized spacial score (nSPS) is 12.2. The van der Waals surface area contributed by atoms with Gasteiger partial charge in [0.1, 0.15) is 0 Å². The van der Waals surface area contributed by atoms with Crippen LogP contribution in [0.5, 0.6) is 0 Å². The molecule has 2 nitrogen and oxygen atoms in total. The third-order valence-electron chi connectivity index (χ3n) is 1.28. The Morgan fingerprint density at radius 2 is 1.89 bits per heavy atom. The minimum absolute atomic E-state index is 0.838. The summed E-state index contributed by atoms with van der Waals surface area (Å²) in [6.07, 6.45) is 3.43. The van der Waals surface area contributed by atoms with Crippen LogP contribution in [0.4, 0.5) is 0 Å². The van der Waals surface area contributed by atoms with E-state index in [0.717, 1.165) is 17.6 Å². The van der Waals surface area contributed by atoms with Crippen LogP contribution >= 0.6 is 0 Å². The standard InChI is InChI=1S/C7H12N2/c1-3-7(5-9)6(2)4-8/h4-5,8-9H,3H2,1-2H3/b7-6-,8-4?,9-5?. The molecule has 0 atom stereocenters. The van der Waals surface area contributed by atoms with Crippen LogP contribution in [-0.4, -0.2) is 12.4 Å². The van der Waals surface area contributed by atoms with Crippen molar-refractivity contribution in [2.24, 2.45) is 0 Å². The minimum Gasteiger partial charge on any atom is -0.308 e. The van der Waals surface area contributed by atoms with Crippen molar-refractivity contribution >= 4 is 12.4 Å². The SMILES string of the molecule is CC/C(C=N)=C(\C)C=N. The van der Waals surface area contributed by atoms with E-state index in [1.54, 1.807) is 0 Å². The Bertz CT molecular complexity index is 145. The van der Waals surface area contributed by atoms with Gasteiger partial charge in [0, 0.05) is 12.4 Å². The van der Waals surface area contributed by atoms with Gasteiger partial charge in [0.2, 0.25) is 0 Å². The summed E-state index contributed by atoms with van der Waals surface area (Å²) < 4.78 is 0. The van der Waals surface area contributed by atoms with Crippen molar-refractivity contribution < 1.29 is 0 Å². The maximum absolute atomic E-state index is 6.91. The zero-order chi connectivity index (χ0) is 7.28. The third kappa shape index (κ3) is 2.22. The fraction of sp³-hybridized carbons (Fsp3) is 0.429. The lowest BCUT2D eigenvalue weighted by atomic mass is 10.1. The third-order valence-corrected chi connectivity index (χ3v) is 1.28. The summed E-state index contributed by atoms with van der Waals surface area (Å²) in [7, 11) is 0. The van der Waals surface area contributed by atoms with Gasteiger partial charge in [-0.1, -0.05) is 6.92 Å². The quantitative estimate of drug-likeness (QED) is 0.541. The molecule has 2 N–H and O–H groups in total. The summed E-state index contributed by atoms with van der Waals surface area (Å²) >= 11 is 0. The van der Waals surface area contributed by atoms with E-state index in [1.807, 2.05) is 13.8 Å². The zero-order valence-corrected chi connectivity index (χ0v) is 5.86. The van der Waals surface area contributed by atoms with E-state index in [0.29, 0.717) is 0 Å². The Hall–Kier alpha value is -0.920. The molecule has 50 valence electrons. The summed E-state index contributed by atoms with van der Waals surface area (Å²) in [6.45, 7) is 3.82. The molecule has 0 aromatic carbocycles. The molecule has 0 aliphatic carbocycles. The van der Waals surface area contributed by atoms with E-state index in [9.17, 15) is 0 Å². The highest BCUT2D eigenvalue weighted by atomic mass is 14.4. The number of nitrogens with one attached hydrogen (secondary N) is 2. The van der Waals surface area contributed by atoms with Crippen LogP contribution in [0, 0.1) is 10.8 Å². The van der Waals surface area contributed by atoms with Crippen LogP contribution in [0.2, 0.25) is 0 Å². The lowest BCUT2D eigenvalue weighted by Crippen LogP contribution is -1.88. The van der Waals surface area contributed by atoms with Crippen LogP contribution < -0.4 is 0 Å². The predicted molar refractivity (Wildman–Crippen MR) is 40.6 cm³/mol. The Morgan fingerprint density at radius 3 is 2.00 bits per heavy atom. The fourth-order valence-electron chi connectivity index (χ4n) is 0.587. The highest BCUT2D eigenvalue weighted by Gasteiger charge is 1.90. The molecule has 0 unspecified atom stereocenters. The van der Waals surface area contributed by atoms with Crippen molar-refractivity contribution in [2.75, 3.05) is 0 Å². The highest BCUT2D eigenvalue weighted by Crippen LogP contribution is 2.01. The topological polar surface area (TPSA) is 47.7 Å². The first-order valence-corrected chi connectivity index (χ1v) is 2.97. The molecule has 0 heterocycles. The van der Waals surface area contributed by atoms with E-state index in [1.165, 1.54) is 12.4 Å². The minimum atomic E-state index is 0.838. The lowest BCUT2D eigenvalue weighted by Gasteiger charge is -1.96. The first kappa shape index (κ1) is 8.08. The van der Waals surface area contributed by atoms with E-state index in [4.69, 9.17) is 10.8 Å². The van der Waals surface area contributed by atoms with Crippen LogP contribution in [0.15, 0.2) is 11.1 Å². The number of hydrogen-bond donors (Lipinski definition) is 2. The van der Waals surface area contributed by atoms with Crippen molar-refractivity contribution in [3.63, 3.8) is 0 Å². The molecule has 0 aliphatic heterocycles. The van der Waals surface area contributed by atoms with Crippen molar-refractivity contribution in [3.8, 4) is 0 Å². The van der Waals surface area contributed by atoms with Gasteiger partial charge >= 0.3 is 0 Å². The molecule has 0 aromatic rings. The summed E-state index contributed by atoms with van der Waals surface area (Å²) in [6, 6.07) is 0. The van der Waals surface area contributed by atoms with Gasteiger partial charge in [-0.25, -0.2) is 0 Å². The molecule has 0 saturated heterocycles. The first-order valence-electron chi connectivity index (χ1n) is 2.97. The monoisotopic (exact) mass is 124 g/mol. The predicted octanol–water partition coefficient (Wildman–Crippen LogP) is 2.01. The van der Waals surface area contributed by atoms with Gasteiger partial charge in [-0.2, -0.15) is 0 Å². The molecule has 0 bridgehead atoms. The Kier molecular flexibility index (Phi) is 3.60. The summed E-state index contributed by atoms with van der Waals surface area (Å²) in [4.78, 5) is 0. The van der Waals surface area contributed by atoms with Crippen molar-refractivity contribution in [3.05, 3.63) is 11.1 Å². The molecule has 0 rings (SSSR count). The Labute approximate surface area is 55.6 Å². The maximum Gasteiger partial charge on any atom is 0.0212 e. The van der Waals surface area contributed by atoms with Gasteiger partial charge < -0.3 is 10.8 Å². The smallest absolute Gasteiger partial charge is 0.0212 e. The molecule has 2 heteroatoms. The molecule has 0 aromatic heterocycles. The number of hydrogen-bond acceptors (Lipinski definition) is 2. The second-order valence-electron chi connectivity index (χ2n) is 1.85. The van der Waals surface area contributed by atoms with Crippen LogP contribution in [0.3, 0.4) is 0 Å². The van der Waals surface area contributed by atoms with Gasteiger partial charge in [0.25, 0.3) is 0 Å². The number of rotatable bonds is 3. The Balaban J connectivity index is 4.36. The summed E-state index contributed by atoms with van der Waals surface area (Å²) in [5.74, 6) is 0. The second-order valence-corrected chi connectivity index (χ2v) is 1.85. The van der Waals surface area contributed by atoms with E-state index in [2.05, 4.69) is 0 Å². The van der Waals surface area contributed by atoms with Crippen LogP contribution in [0.1, 0.15) is 20.3 Å². The van der Waals surface area contributed by atoms with Crippen LogP contribution in [-0.2, 0) is 0 Å². The van der Waals surface area contributed by atoms with Gasteiger partial charge in [-0.3, -0.25) is 0 Å². The largest absolute Gasteiger partial charge is 0.308 e. The molecule has 0 aliphatic rings. The first-order chi connectivity index (χ1) is 4.26. The maximum atomic E-state index is 6.91. The number of allylic oxidation sites excluding steroid dienone is 2. The van der Waals surface area contributed by atoms with Crippen molar-refractivity contribution in [2.45, 2.75) is 20.3 Å². The zero-order valence-electron chi connectivity index (χ0n) is 5.86. The average molecular weight is 124 g/mol. The second kappa shape index (κ2) is 4.01. The Morgan fingerprint density at radius 1 is 1.33 bits per heavy atom. The van der Waals surface area contributed by atoms with Gasteiger partial charge in [0.05, 0.1) is 0 Å². The molecule has 0 fully saturated rings. The van der Waals surface area contributed by atoms with Crippen LogP contribution in [0.25, 0.3) is 0 Å². The van der Waals surface area contributed by atoms with Crippen molar-refractivity contribution in [1.29, 1.82) is 10.8 Å². The molecule has 0 amide bonds. The van der Waals surface area contributed by atoms with E-state index >= 15 is 0 Å². The van der Waals surface area contributed by atoms with Gasteiger partial charge in [-0.15, -0.1) is 0 Å². The van der Waals surface area contributed by atoms with Gasteiger partial charge in [-0.05, 0) is 24.5 Å². The molecular formula is C7H12N2. The van der Waals surface area contributed by atoms with Gasteiger partial charge in [0.15, 0.2) is 0 Å². The van der Waals surface area contributed by atoms with E-state index in [-0.39, 0.29) is 0 Å². The highest BCUT2D eigenvalue weighted by molar-refractivity contribution is 5.88. The molecular weight excluding hydrogens is 112 g/mol. The average Bonchev–Trinajstić information content (AvgIpc) is 1.90. The lowest BCUT2D eigenvalue weighted by molar-refractivity contribution is 1.15.